The summed E-state index contributed by atoms with van der Waals surface area (Å²) in [6, 6.07) is 6.14. The molecule has 2 rings (SSSR count). The molecular formula is C23H28N2O2. The molecule has 0 amide bonds. The minimum absolute atomic E-state index is 0.325. The molecule has 0 bridgehead atoms. The van der Waals surface area contributed by atoms with Crippen LogP contribution < -0.4 is 0 Å². The van der Waals surface area contributed by atoms with Crippen LogP contribution in [0.15, 0.2) is 48.1 Å². The van der Waals surface area contributed by atoms with E-state index in [1.54, 1.807) is 13.0 Å². The fourth-order valence-corrected chi connectivity index (χ4v) is 2.86. The van der Waals surface area contributed by atoms with Gasteiger partial charge in [0.05, 0.1) is 22.4 Å². The van der Waals surface area contributed by atoms with Gasteiger partial charge in [-0.1, -0.05) is 52.0 Å². The van der Waals surface area contributed by atoms with E-state index in [4.69, 9.17) is 15.1 Å². The van der Waals surface area contributed by atoms with Crippen molar-refractivity contribution in [3.8, 4) is 0 Å². The highest BCUT2D eigenvalue weighted by molar-refractivity contribution is 5.82. The van der Waals surface area contributed by atoms with Gasteiger partial charge >= 0.3 is 5.97 Å². The molecule has 0 aliphatic heterocycles. The molecule has 4 heteroatoms. The van der Waals surface area contributed by atoms with Crippen molar-refractivity contribution >= 4 is 22.6 Å². The van der Waals surface area contributed by atoms with Crippen molar-refractivity contribution in [2.24, 2.45) is 0 Å². The second-order valence-electron chi connectivity index (χ2n) is 7.44. The molecule has 27 heavy (non-hydrogen) atoms. The molecule has 4 nitrogen and oxygen atoms in total. The molecule has 0 atom stereocenters. The molecule has 0 unspecified atom stereocenters. The van der Waals surface area contributed by atoms with E-state index in [1.807, 2.05) is 25.1 Å². The number of benzene rings is 1. The summed E-state index contributed by atoms with van der Waals surface area (Å²) in [5, 5.41) is 8.75. The smallest absolute Gasteiger partial charge is 0.328 e. The van der Waals surface area contributed by atoms with Crippen LogP contribution in [-0.2, 0) is 4.79 Å². The standard InChI is InChI=1S/C23H28N2O2/c1-14(2)22-23(15(3)4)25-20-13-18(10-11-19(20)24-22)17(6)9-7-8-16(5)12-21(26)27/h7-15H,1-6H3,(H,26,27). The van der Waals surface area contributed by atoms with E-state index >= 15 is 0 Å². The SMILES string of the molecule is CC(C=CC=C(C)c1ccc2nc(C(C)C)c(C(C)C)nc2c1)=CC(=O)O. The van der Waals surface area contributed by atoms with Crippen LogP contribution in [0.25, 0.3) is 16.6 Å². The molecule has 0 fully saturated rings. The Morgan fingerprint density at radius 1 is 1.00 bits per heavy atom. The van der Waals surface area contributed by atoms with Crippen LogP contribution in [0.4, 0.5) is 0 Å². The summed E-state index contributed by atoms with van der Waals surface area (Å²) in [5.74, 6) is -0.271. The first-order valence-electron chi connectivity index (χ1n) is 9.27. The van der Waals surface area contributed by atoms with E-state index in [0.717, 1.165) is 33.6 Å². The molecular weight excluding hydrogens is 336 g/mol. The topological polar surface area (TPSA) is 63.1 Å². The van der Waals surface area contributed by atoms with Crippen molar-refractivity contribution < 1.29 is 9.90 Å². The molecule has 0 aliphatic carbocycles. The molecule has 1 aromatic heterocycles. The first kappa shape index (κ1) is 20.6. The first-order valence-corrected chi connectivity index (χ1v) is 9.27. The van der Waals surface area contributed by atoms with E-state index < -0.39 is 5.97 Å². The molecule has 0 aliphatic rings. The summed E-state index contributed by atoms with van der Waals surface area (Å²) in [4.78, 5) is 20.4. The quantitative estimate of drug-likeness (QED) is 0.514. The highest BCUT2D eigenvalue weighted by Gasteiger charge is 2.15. The molecule has 1 aromatic carbocycles. The third kappa shape index (κ3) is 5.36. The van der Waals surface area contributed by atoms with Crippen molar-refractivity contribution in [3.05, 3.63) is 65.0 Å². The van der Waals surface area contributed by atoms with Gasteiger partial charge in [-0.15, -0.1) is 0 Å². The molecule has 0 radical (unpaired) electrons. The molecule has 0 spiro atoms. The Morgan fingerprint density at radius 3 is 2.15 bits per heavy atom. The van der Waals surface area contributed by atoms with E-state index in [-0.39, 0.29) is 0 Å². The van der Waals surface area contributed by atoms with Gasteiger partial charge in [-0.3, -0.25) is 0 Å². The lowest BCUT2D eigenvalue weighted by atomic mass is 9.99. The predicted octanol–water partition coefficient (Wildman–Crippen LogP) is 5.87. The van der Waals surface area contributed by atoms with E-state index in [2.05, 4.69) is 39.8 Å². The summed E-state index contributed by atoms with van der Waals surface area (Å²) in [5.41, 5.74) is 6.80. The van der Waals surface area contributed by atoms with Gasteiger partial charge in [0.25, 0.3) is 0 Å². The number of carboxylic acids is 1. The summed E-state index contributed by atoms with van der Waals surface area (Å²) in [6.07, 6.45) is 6.80. The van der Waals surface area contributed by atoms with Crippen LogP contribution in [0.3, 0.4) is 0 Å². The zero-order valence-electron chi connectivity index (χ0n) is 16.9. The van der Waals surface area contributed by atoms with Crippen molar-refractivity contribution in [2.75, 3.05) is 0 Å². The Balaban J connectivity index is 2.40. The minimum atomic E-state index is -0.937. The van der Waals surface area contributed by atoms with E-state index in [1.165, 1.54) is 6.08 Å². The molecule has 0 saturated heterocycles. The van der Waals surface area contributed by atoms with Crippen LogP contribution in [0.5, 0.6) is 0 Å². The van der Waals surface area contributed by atoms with E-state index in [9.17, 15) is 4.79 Å². The maximum Gasteiger partial charge on any atom is 0.328 e. The summed E-state index contributed by atoms with van der Waals surface area (Å²) in [7, 11) is 0. The number of fused-ring (bicyclic) bond motifs is 1. The number of rotatable bonds is 6. The second kappa shape index (κ2) is 8.76. The number of carboxylic acid groups (broad SMARTS) is 1. The lowest BCUT2D eigenvalue weighted by molar-refractivity contribution is -0.131. The molecule has 2 aromatic rings. The van der Waals surface area contributed by atoms with Crippen LogP contribution >= 0.6 is 0 Å². The Bertz CT molecular complexity index is 935. The van der Waals surface area contributed by atoms with Gasteiger partial charge in [0.15, 0.2) is 0 Å². The number of carbonyl (C=O) groups is 1. The van der Waals surface area contributed by atoms with Crippen molar-refractivity contribution in [2.45, 2.75) is 53.4 Å². The van der Waals surface area contributed by atoms with E-state index in [0.29, 0.717) is 17.4 Å². The zero-order chi connectivity index (χ0) is 20.1. The molecule has 1 heterocycles. The fraction of sp³-hybridized carbons (Fsp3) is 0.348. The number of aromatic nitrogens is 2. The van der Waals surface area contributed by atoms with Gasteiger partial charge < -0.3 is 5.11 Å². The zero-order valence-corrected chi connectivity index (χ0v) is 16.9. The van der Waals surface area contributed by atoms with Crippen molar-refractivity contribution in [3.63, 3.8) is 0 Å². The lowest BCUT2D eigenvalue weighted by Gasteiger charge is -2.15. The molecule has 1 N–H and O–H groups in total. The van der Waals surface area contributed by atoms with Crippen molar-refractivity contribution in [1.29, 1.82) is 0 Å². The molecule has 142 valence electrons. The summed E-state index contributed by atoms with van der Waals surface area (Å²) < 4.78 is 0. The van der Waals surface area contributed by atoms with Gasteiger partial charge in [-0.05, 0) is 54.5 Å². The third-order valence-electron chi connectivity index (χ3n) is 4.33. The highest BCUT2D eigenvalue weighted by atomic mass is 16.4. The normalized spacial score (nSPS) is 13.3. The number of allylic oxidation sites excluding steroid dienone is 5. The van der Waals surface area contributed by atoms with Gasteiger partial charge in [0.1, 0.15) is 0 Å². The maximum atomic E-state index is 10.7. The summed E-state index contributed by atoms with van der Waals surface area (Å²) >= 11 is 0. The second-order valence-corrected chi connectivity index (χ2v) is 7.44. The van der Waals surface area contributed by atoms with Crippen LogP contribution in [0.1, 0.15) is 70.3 Å². The lowest BCUT2D eigenvalue weighted by Crippen LogP contribution is -2.06. The number of hydrogen-bond acceptors (Lipinski definition) is 3. The Kier molecular flexibility index (Phi) is 6.67. The Hall–Kier alpha value is -2.75. The van der Waals surface area contributed by atoms with Crippen LogP contribution in [0, 0.1) is 0 Å². The van der Waals surface area contributed by atoms with Gasteiger partial charge in [0.2, 0.25) is 0 Å². The van der Waals surface area contributed by atoms with Crippen molar-refractivity contribution in [1.82, 2.24) is 9.97 Å². The number of hydrogen-bond donors (Lipinski definition) is 1. The largest absolute Gasteiger partial charge is 0.478 e. The average molecular weight is 364 g/mol. The first-order chi connectivity index (χ1) is 12.7. The summed E-state index contributed by atoms with van der Waals surface area (Å²) in [6.45, 7) is 12.4. The van der Waals surface area contributed by atoms with Crippen LogP contribution in [0.2, 0.25) is 0 Å². The Morgan fingerprint density at radius 2 is 1.59 bits per heavy atom. The average Bonchev–Trinajstić information content (AvgIpc) is 2.59. The monoisotopic (exact) mass is 364 g/mol. The van der Waals surface area contributed by atoms with Gasteiger partial charge in [0, 0.05) is 6.08 Å². The third-order valence-corrected chi connectivity index (χ3v) is 4.33. The van der Waals surface area contributed by atoms with Gasteiger partial charge in [-0.2, -0.15) is 0 Å². The predicted molar refractivity (Wildman–Crippen MR) is 112 cm³/mol. The van der Waals surface area contributed by atoms with Gasteiger partial charge in [-0.25, -0.2) is 14.8 Å². The fourth-order valence-electron chi connectivity index (χ4n) is 2.86. The number of aliphatic carboxylic acids is 1. The number of nitrogens with zero attached hydrogens (tertiary/aromatic N) is 2. The molecule has 0 saturated carbocycles. The van der Waals surface area contributed by atoms with Crippen LogP contribution in [-0.4, -0.2) is 21.0 Å². The minimum Gasteiger partial charge on any atom is -0.478 e. The maximum absolute atomic E-state index is 10.7. The Labute approximate surface area is 161 Å². The highest BCUT2D eigenvalue weighted by Crippen LogP contribution is 2.27.